The van der Waals surface area contributed by atoms with E-state index in [4.69, 9.17) is 0 Å². The Balaban J connectivity index is 2.01. The first kappa shape index (κ1) is 13.1. The molecular weight excluding hydrogens is 224 g/mol. The molecule has 1 fully saturated rings. The molecule has 0 spiro atoms. The van der Waals surface area contributed by atoms with Crippen molar-refractivity contribution >= 4 is 11.6 Å². The topological polar surface area (TPSA) is 31.4 Å². The van der Waals surface area contributed by atoms with Gasteiger partial charge in [0.2, 0.25) is 0 Å². The van der Waals surface area contributed by atoms with Gasteiger partial charge in [0.05, 0.1) is 0 Å². The third-order valence-corrected chi connectivity index (χ3v) is 3.54. The summed E-state index contributed by atoms with van der Waals surface area (Å²) in [4.78, 5) is 9.50. The zero-order valence-corrected chi connectivity index (χ0v) is 11.9. The van der Waals surface area contributed by atoms with Gasteiger partial charge in [0.1, 0.15) is 11.6 Å². The molecular formula is C14H24N4. The molecule has 4 heteroatoms. The number of hydrogen-bond acceptors (Lipinski definition) is 4. The Bertz CT molecular complexity index is 389. The molecule has 0 amide bonds. The minimum Gasteiger partial charge on any atom is -0.373 e. The molecule has 18 heavy (non-hydrogen) atoms. The van der Waals surface area contributed by atoms with Crippen LogP contribution in [-0.2, 0) is 0 Å². The Morgan fingerprint density at radius 2 is 1.78 bits per heavy atom. The second-order valence-corrected chi connectivity index (χ2v) is 5.78. The number of nitrogens with zero attached hydrogens (tertiary/aromatic N) is 3. The van der Waals surface area contributed by atoms with Gasteiger partial charge in [-0.25, -0.2) is 4.98 Å². The third kappa shape index (κ3) is 2.93. The molecule has 2 heterocycles. The van der Waals surface area contributed by atoms with Crippen LogP contribution in [0.25, 0.3) is 0 Å². The molecule has 100 valence electrons. The fraction of sp³-hybridized carbons (Fsp3) is 0.643. The van der Waals surface area contributed by atoms with E-state index in [1.807, 2.05) is 13.1 Å². The first-order chi connectivity index (χ1) is 8.50. The highest BCUT2D eigenvalue weighted by Crippen LogP contribution is 2.20. The van der Waals surface area contributed by atoms with E-state index in [0.717, 1.165) is 37.8 Å². The van der Waals surface area contributed by atoms with Crippen molar-refractivity contribution in [1.82, 2.24) is 9.88 Å². The number of hydrogen-bond donors (Lipinski definition) is 1. The van der Waals surface area contributed by atoms with Crippen molar-refractivity contribution in [2.24, 2.45) is 0 Å². The van der Waals surface area contributed by atoms with E-state index in [1.165, 1.54) is 0 Å². The molecule has 0 aliphatic carbocycles. The Hall–Kier alpha value is -1.29. The SMILES string of the molecule is CNc1cccc(N2CCN(C(C)(C)C)CC2)n1. The highest BCUT2D eigenvalue weighted by Gasteiger charge is 2.26. The highest BCUT2D eigenvalue weighted by atomic mass is 15.3. The molecule has 1 aromatic heterocycles. The van der Waals surface area contributed by atoms with Gasteiger partial charge in [-0.3, -0.25) is 4.90 Å². The maximum atomic E-state index is 4.60. The van der Waals surface area contributed by atoms with Gasteiger partial charge in [-0.05, 0) is 32.9 Å². The number of rotatable bonds is 2. The van der Waals surface area contributed by atoms with Gasteiger partial charge in [-0.1, -0.05) is 6.07 Å². The molecule has 0 aromatic carbocycles. The molecule has 0 atom stereocenters. The highest BCUT2D eigenvalue weighted by molar-refractivity contribution is 5.47. The van der Waals surface area contributed by atoms with E-state index < -0.39 is 0 Å². The molecule has 0 bridgehead atoms. The summed E-state index contributed by atoms with van der Waals surface area (Å²) in [6.45, 7) is 11.2. The predicted octanol–water partition coefficient (Wildman–Crippen LogP) is 2.04. The molecule has 1 N–H and O–H groups in total. The summed E-state index contributed by atoms with van der Waals surface area (Å²) in [7, 11) is 1.91. The lowest BCUT2D eigenvalue weighted by atomic mass is 10.1. The number of nitrogens with one attached hydrogen (secondary N) is 1. The van der Waals surface area contributed by atoms with Crippen LogP contribution in [0, 0.1) is 0 Å². The summed E-state index contributed by atoms with van der Waals surface area (Å²) < 4.78 is 0. The standard InChI is InChI=1S/C14H24N4/c1-14(2,3)18-10-8-17(9-11-18)13-7-5-6-12(15-4)16-13/h5-7H,8-11H2,1-4H3,(H,15,16). The summed E-state index contributed by atoms with van der Waals surface area (Å²) in [5, 5.41) is 3.09. The molecule has 0 unspecified atom stereocenters. The summed E-state index contributed by atoms with van der Waals surface area (Å²) >= 11 is 0. The number of piperazine rings is 1. The average molecular weight is 248 g/mol. The normalized spacial score (nSPS) is 17.9. The lowest BCUT2D eigenvalue weighted by molar-refractivity contribution is 0.128. The first-order valence-electron chi connectivity index (χ1n) is 6.65. The third-order valence-electron chi connectivity index (χ3n) is 3.54. The summed E-state index contributed by atoms with van der Waals surface area (Å²) in [6.07, 6.45) is 0. The van der Waals surface area contributed by atoms with Crippen LogP contribution in [0.2, 0.25) is 0 Å². The fourth-order valence-electron chi connectivity index (χ4n) is 2.34. The quantitative estimate of drug-likeness (QED) is 0.868. The van der Waals surface area contributed by atoms with Crippen molar-refractivity contribution < 1.29 is 0 Å². The second-order valence-electron chi connectivity index (χ2n) is 5.78. The van der Waals surface area contributed by atoms with Crippen LogP contribution in [0.5, 0.6) is 0 Å². The summed E-state index contributed by atoms with van der Waals surface area (Å²) in [5.74, 6) is 2.01. The van der Waals surface area contributed by atoms with Crippen LogP contribution in [-0.4, -0.2) is 48.6 Å². The van der Waals surface area contributed by atoms with E-state index in [9.17, 15) is 0 Å². The fourth-order valence-corrected chi connectivity index (χ4v) is 2.34. The summed E-state index contributed by atoms with van der Waals surface area (Å²) in [5.41, 5.74) is 0.270. The second kappa shape index (κ2) is 5.14. The first-order valence-corrected chi connectivity index (χ1v) is 6.65. The van der Waals surface area contributed by atoms with Gasteiger partial charge < -0.3 is 10.2 Å². The van der Waals surface area contributed by atoms with Crippen LogP contribution in [0.15, 0.2) is 18.2 Å². The van der Waals surface area contributed by atoms with Gasteiger partial charge in [0, 0.05) is 38.8 Å². The lowest BCUT2D eigenvalue weighted by Crippen LogP contribution is -2.53. The molecule has 2 rings (SSSR count). The van der Waals surface area contributed by atoms with E-state index >= 15 is 0 Å². The van der Waals surface area contributed by atoms with Crippen molar-refractivity contribution in [2.45, 2.75) is 26.3 Å². The zero-order chi connectivity index (χ0) is 13.2. The van der Waals surface area contributed by atoms with Crippen molar-refractivity contribution in [2.75, 3.05) is 43.4 Å². The van der Waals surface area contributed by atoms with Crippen LogP contribution in [0.3, 0.4) is 0 Å². The molecule has 4 nitrogen and oxygen atoms in total. The minimum atomic E-state index is 0.270. The molecule has 0 saturated carbocycles. The van der Waals surface area contributed by atoms with Crippen LogP contribution in [0.1, 0.15) is 20.8 Å². The number of anilines is 2. The van der Waals surface area contributed by atoms with Crippen molar-refractivity contribution in [3.63, 3.8) is 0 Å². The monoisotopic (exact) mass is 248 g/mol. The van der Waals surface area contributed by atoms with Crippen molar-refractivity contribution in [3.05, 3.63) is 18.2 Å². The van der Waals surface area contributed by atoms with Gasteiger partial charge in [0.15, 0.2) is 0 Å². The average Bonchev–Trinajstić information content (AvgIpc) is 2.38. The maximum absolute atomic E-state index is 4.60. The Morgan fingerprint density at radius 3 is 2.33 bits per heavy atom. The maximum Gasteiger partial charge on any atom is 0.131 e. The molecule has 1 aliphatic heterocycles. The zero-order valence-electron chi connectivity index (χ0n) is 11.9. The molecule has 1 aliphatic rings. The van der Waals surface area contributed by atoms with Gasteiger partial charge in [-0.15, -0.1) is 0 Å². The Kier molecular flexibility index (Phi) is 3.76. The van der Waals surface area contributed by atoms with E-state index in [-0.39, 0.29) is 5.54 Å². The number of aromatic nitrogens is 1. The van der Waals surface area contributed by atoms with E-state index in [2.05, 4.69) is 53.0 Å². The van der Waals surface area contributed by atoms with Crippen LogP contribution >= 0.6 is 0 Å². The minimum absolute atomic E-state index is 0.270. The molecule has 0 radical (unpaired) electrons. The Labute approximate surface area is 110 Å². The van der Waals surface area contributed by atoms with E-state index in [0.29, 0.717) is 0 Å². The van der Waals surface area contributed by atoms with Gasteiger partial charge in [-0.2, -0.15) is 0 Å². The largest absolute Gasteiger partial charge is 0.373 e. The van der Waals surface area contributed by atoms with Crippen molar-refractivity contribution in [3.8, 4) is 0 Å². The number of pyridine rings is 1. The Morgan fingerprint density at radius 1 is 1.11 bits per heavy atom. The van der Waals surface area contributed by atoms with Crippen LogP contribution in [0.4, 0.5) is 11.6 Å². The molecule has 1 aromatic rings. The smallest absolute Gasteiger partial charge is 0.131 e. The molecule has 1 saturated heterocycles. The van der Waals surface area contributed by atoms with Crippen LogP contribution < -0.4 is 10.2 Å². The van der Waals surface area contributed by atoms with Crippen molar-refractivity contribution in [1.29, 1.82) is 0 Å². The van der Waals surface area contributed by atoms with Gasteiger partial charge >= 0.3 is 0 Å². The van der Waals surface area contributed by atoms with Gasteiger partial charge in [0.25, 0.3) is 0 Å². The lowest BCUT2D eigenvalue weighted by Gasteiger charge is -2.42. The van der Waals surface area contributed by atoms with E-state index in [1.54, 1.807) is 0 Å². The summed E-state index contributed by atoms with van der Waals surface area (Å²) in [6, 6.07) is 6.15. The predicted molar refractivity (Wildman–Crippen MR) is 77.3 cm³/mol.